The summed E-state index contributed by atoms with van der Waals surface area (Å²) in [5, 5.41) is 12.4. The lowest BCUT2D eigenvalue weighted by Gasteiger charge is -2.30. The number of amides is 1. The van der Waals surface area contributed by atoms with Crippen LogP contribution in [0.1, 0.15) is 45.4 Å². The molecule has 3 nitrogen and oxygen atoms in total. The standard InChI is InChI=1S/C14H25NO2/c1-10(11-6-7-11)14(17)15-8-12-4-2-3-5-13(12)9-16/h10-13,16H,2-9H2,1H3,(H,15,17). The van der Waals surface area contributed by atoms with Crippen LogP contribution in [0.3, 0.4) is 0 Å². The van der Waals surface area contributed by atoms with Crippen molar-refractivity contribution in [2.75, 3.05) is 13.2 Å². The third-order valence-electron chi connectivity index (χ3n) is 4.58. The summed E-state index contributed by atoms with van der Waals surface area (Å²) in [5.41, 5.74) is 0. The van der Waals surface area contributed by atoms with Crippen LogP contribution < -0.4 is 5.32 Å². The van der Waals surface area contributed by atoms with E-state index >= 15 is 0 Å². The number of nitrogens with one attached hydrogen (secondary N) is 1. The fraction of sp³-hybridized carbons (Fsp3) is 0.929. The maximum Gasteiger partial charge on any atom is 0.223 e. The van der Waals surface area contributed by atoms with E-state index < -0.39 is 0 Å². The van der Waals surface area contributed by atoms with Crippen molar-refractivity contribution in [1.29, 1.82) is 0 Å². The highest BCUT2D eigenvalue weighted by molar-refractivity contribution is 5.78. The Bertz CT molecular complexity index is 263. The smallest absolute Gasteiger partial charge is 0.223 e. The molecule has 0 saturated heterocycles. The zero-order valence-electron chi connectivity index (χ0n) is 10.8. The van der Waals surface area contributed by atoms with E-state index in [4.69, 9.17) is 0 Å². The van der Waals surface area contributed by atoms with Gasteiger partial charge in [0.1, 0.15) is 0 Å². The molecule has 2 saturated carbocycles. The summed E-state index contributed by atoms with van der Waals surface area (Å²) < 4.78 is 0. The van der Waals surface area contributed by atoms with Gasteiger partial charge in [-0.15, -0.1) is 0 Å². The van der Waals surface area contributed by atoms with E-state index in [0.717, 1.165) is 19.4 Å². The summed E-state index contributed by atoms with van der Waals surface area (Å²) >= 11 is 0. The Hall–Kier alpha value is -0.570. The first kappa shape index (κ1) is 12.9. The predicted molar refractivity (Wildman–Crippen MR) is 67.4 cm³/mol. The topological polar surface area (TPSA) is 49.3 Å². The monoisotopic (exact) mass is 239 g/mol. The zero-order chi connectivity index (χ0) is 12.3. The molecule has 0 aromatic heterocycles. The van der Waals surface area contributed by atoms with Gasteiger partial charge in [-0.05, 0) is 43.4 Å². The van der Waals surface area contributed by atoms with Crippen molar-refractivity contribution in [3.8, 4) is 0 Å². The van der Waals surface area contributed by atoms with Crippen LogP contribution in [0.5, 0.6) is 0 Å². The molecule has 98 valence electrons. The van der Waals surface area contributed by atoms with E-state index in [1.807, 2.05) is 6.92 Å². The summed E-state index contributed by atoms with van der Waals surface area (Å²) in [6.07, 6.45) is 7.19. The van der Waals surface area contributed by atoms with Crippen molar-refractivity contribution in [2.45, 2.75) is 45.4 Å². The van der Waals surface area contributed by atoms with E-state index in [-0.39, 0.29) is 18.4 Å². The second kappa shape index (κ2) is 5.85. The molecule has 2 aliphatic carbocycles. The first-order valence-corrected chi connectivity index (χ1v) is 7.11. The Morgan fingerprint density at radius 3 is 2.47 bits per heavy atom. The Labute approximate surface area is 104 Å². The molecule has 0 aromatic rings. The third-order valence-corrected chi connectivity index (χ3v) is 4.58. The first-order chi connectivity index (χ1) is 8.22. The van der Waals surface area contributed by atoms with Gasteiger partial charge in [0.2, 0.25) is 5.91 Å². The quantitative estimate of drug-likeness (QED) is 0.770. The second-order valence-corrected chi connectivity index (χ2v) is 5.86. The molecule has 0 radical (unpaired) electrons. The summed E-state index contributed by atoms with van der Waals surface area (Å²) in [6.45, 7) is 3.08. The number of aliphatic hydroxyl groups excluding tert-OH is 1. The molecule has 0 aromatic carbocycles. The van der Waals surface area contributed by atoms with Crippen molar-refractivity contribution in [3.05, 3.63) is 0 Å². The van der Waals surface area contributed by atoms with Crippen molar-refractivity contribution >= 4 is 5.91 Å². The highest BCUT2D eigenvalue weighted by Gasteiger charge is 2.33. The van der Waals surface area contributed by atoms with Gasteiger partial charge in [0.25, 0.3) is 0 Å². The molecule has 3 unspecified atom stereocenters. The minimum Gasteiger partial charge on any atom is -0.396 e. The fourth-order valence-electron chi connectivity index (χ4n) is 3.00. The number of rotatable bonds is 5. The molecule has 1 amide bonds. The van der Waals surface area contributed by atoms with Gasteiger partial charge in [0, 0.05) is 19.1 Å². The summed E-state index contributed by atoms with van der Waals surface area (Å²) in [5.74, 6) is 1.93. The maximum absolute atomic E-state index is 11.9. The van der Waals surface area contributed by atoms with Crippen LogP contribution in [0.4, 0.5) is 0 Å². The van der Waals surface area contributed by atoms with Crippen LogP contribution in [0.15, 0.2) is 0 Å². The minimum atomic E-state index is 0.186. The Kier molecular flexibility index (Phi) is 4.43. The lowest BCUT2D eigenvalue weighted by atomic mass is 9.79. The normalized spacial score (nSPS) is 30.9. The average Bonchev–Trinajstić information content (AvgIpc) is 3.19. The summed E-state index contributed by atoms with van der Waals surface area (Å²) in [6, 6.07) is 0. The second-order valence-electron chi connectivity index (χ2n) is 5.86. The van der Waals surface area contributed by atoms with Crippen LogP contribution >= 0.6 is 0 Å². The number of hydrogen-bond acceptors (Lipinski definition) is 2. The molecule has 3 atom stereocenters. The number of aliphatic hydroxyl groups is 1. The molecule has 2 fully saturated rings. The molecular formula is C14H25NO2. The van der Waals surface area contributed by atoms with E-state index in [9.17, 15) is 9.90 Å². The molecule has 2 N–H and O–H groups in total. The lowest BCUT2D eigenvalue weighted by Crippen LogP contribution is -2.38. The van der Waals surface area contributed by atoms with Crippen LogP contribution in [-0.4, -0.2) is 24.2 Å². The van der Waals surface area contributed by atoms with Gasteiger partial charge in [-0.2, -0.15) is 0 Å². The Morgan fingerprint density at radius 1 is 1.24 bits per heavy atom. The van der Waals surface area contributed by atoms with Gasteiger partial charge >= 0.3 is 0 Å². The van der Waals surface area contributed by atoms with Crippen molar-refractivity contribution in [2.24, 2.45) is 23.7 Å². The fourth-order valence-corrected chi connectivity index (χ4v) is 3.00. The van der Waals surface area contributed by atoms with Crippen LogP contribution in [0.2, 0.25) is 0 Å². The predicted octanol–water partition coefficient (Wildman–Crippen LogP) is 1.95. The highest BCUT2D eigenvalue weighted by Crippen LogP contribution is 2.36. The van der Waals surface area contributed by atoms with E-state index in [0.29, 0.717) is 17.8 Å². The van der Waals surface area contributed by atoms with Crippen molar-refractivity contribution in [1.82, 2.24) is 5.32 Å². The summed E-state index contributed by atoms with van der Waals surface area (Å²) in [4.78, 5) is 11.9. The van der Waals surface area contributed by atoms with Gasteiger partial charge in [-0.25, -0.2) is 0 Å². The molecule has 0 aliphatic heterocycles. The van der Waals surface area contributed by atoms with E-state index in [1.54, 1.807) is 0 Å². The molecule has 2 aliphatic rings. The number of carbonyl (C=O) groups is 1. The third kappa shape index (κ3) is 3.44. The zero-order valence-corrected chi connectivity index (χ0v) is 10.8. The van der Waals surface area contributed by atoms with E-state index in [1.165, 1.54) is 25.7 Å². The molecule has 17 heavy (non-hydrogen) atoms. The molecule has 2 rings (SSSR count). The van der Waals surface area contributed by atoms with E-state index in [2.05, 4.69) is 5.32 Å². The van der Waals surface area contributed by atoms with Gasteiger partial charge < -0.3 is 10.4 Å². The highest BCUT2D eigenvalue weighted by atomic mass is 16.3. The molecule has 3 heteroatoms. The van der Waals surface area contributed by atoms with Crippen molar-refractivity contribution in [3.63, 3.8) is 0 Å². The number of hydrogen-bond donors (Lipinski definition) is 2. The molecular weight excluding hydrogens is 214 g/mol. The van der Waals surface area contributed by atoms with Crippen LogP contribution in [0, 0.1) is 23.7 Å². The van der Waals surface area contributed by atoms with Gasteiger partial charge in [0.05, 0.1) is 0 Å². The van der Waals surface area contributed by atoms with Gasteiger partial charge in [-0.1, -0.05) is 19.8 Å². The molecule has 0 heterocycles. The maximum atomic E-state index is 11.9. The number of carbonyl (C=O) groups excluding carboxylic acids is 1. The SMILES string of the molecule is CC(C(=O)NCC1CCCCC1CO)C1CC1. The minimum absolute atomic E-state index is 0.186. The first-order valence-electron chi connectivity index (χ1n) is 7.11. The lowest BCUT2D eigenvalue weighted by molar-refractivity contribution is -0.125. The van der Waals surface area contributed by atoms with Crippen LogP contribution in [0.25, 0.3) is 0 Å². The Balaban J connectivity index is 1.73. The molecule has 0 bridgehead atoms. The van der Waals surface area contributed by atoms with Gasteiger partial charge in [-0.3, -0.25) is 4.79 Å². The largest absolute Gasteiger partial charge is 0.396 e. The van der Waals surface area contributed by atoms with Gasteiger partial charge in [0.15, 0.2) is 0 Å². The van der Waals surface area contributed by atoms with Crippen LogP contribution in [-0.2, 0) is 4.79 Å². The molecule has 0 spiro atoms. The van der Waals surface area contributed by atoms with Crippen molar-refractivity contribution < 1.29 is 9.90 Å². The average molecular weight is 239 g/mol. The Morgan fingerprint density at radius 2 is 1.88 bits per heavy atom. The summed E-state index contributed by atoms with van der Waals surface area (Å²) in [7, 11) is 0.